The Morgan fingerprint density at radius 1 is 1.30 bits per heavy atom. The number of rotatable bonds is 7. The van der Waals surface area contributed by atoms with Crippen LogP contribution in [0.25, 0.3) is 0 Å². The number of amides is 2. The molecule has 7 nitrogen and oxygen atoms in total. The molecule has 0 spiro atoms. The SMILES string of the molecule is CC(C)Cc1nc(CN(C)C(=O)NC[C@H]2CCCN(C3CCCC3)C2)no1. The van der Waals surface area contributed by atoms with Crippen LogP contribution in [0.5, 0.6) is 0 Å². The summed E-state index contributed by atoms with van der Waals surface area (Å²) in [6.45, 7) is 7.69. The number of hydrogen-bond donors (Lipinski definition) is 1. The minimum Gasteiger partial charge on any atom is -0.339 e. The molecule has 3 rings (SSSR count). The van der Waals surface area contributed by atoms with Gasteiger partial charge in [0, 0.05) is 32.6 Å². The molecule has 0 unspecified atom stereocenters. The summed E-state index contributed by atoms with van der Waals surface area (Å²) in [7, 11) is 1.78. The first-order valence-electron chi connectivity index (χ1n) is 10.6. The number of nitrogens with zero attached hydrogens (tertiary/aromatic N) is 4. The van der Waals surface area contributed by atoms with E-state index in [1.54, 1.807) is 11.9 Å². The van der Waals surface area contributed by atoms with Crippen molar-refractivity contribution >= 4 is 6.03 Å². The summed E-state index contributed by atoms with van der Waals surface area (Å²) < 4.78 is 5.25. The minimum atomic E-state index is -0.0665. The molecular weight excluding hydrogens is 342 g/mol. The van der Waals surface area contributed by atoms with Gasteiger partial charge in [0.05, 0.1) is 6.54 Å². The van der Waals surface area contributed by atoms with Crippen LogP contribution < -0.4 is 5.32 Å². The quantitative estimate of drug-likeness (QED) is 0.790. The molecule has 152 valence electrons. The van der Waals surface area contributed by atoms with Crippen LogP contribution in [0.4, 0.5) is 4.79 Å². The molecule has 2 aliphatic rings. The van der Waals surface area contributed by atoms with Gasteiger partial charge in [-0.15, -0.1) is 0 Å². The highest BCUT2D eigenvalue weighted by Gasteiger charge is 2.28. The molecule has 2 amide bonds. The largest absolute Gasteiger partial charge is 0.339 e. The maximum absolute atomic E-state index is 12.4. The standard InChI is InChI=1S/C20H35N5O2/c1-15(2)11-19-22-18(23-27-19)14-24(3)20(26)21-12-16-7-6-10-25(13-16)17-8-4-5-9-17/h15-17H,4-14H2,1-3H3,(H,21,26)/t16-/m1/s1. The van der Waals surface area contributed by atoms with Crippen LogP contribution in [-0.4, -0.2) is 58.7 Å². The van der Waals surface area contributed by atoms with Crippen molar-refractivity contribution in [2.75, 3.05) is 26.7 Å². The fraction of sp³-hybridized carbons (Fsp3) is 0.850. The van der Waals surface area contributed by atoms with E-state index in [4.69, 9.17) is 4.52 Å². The van der Waals surface area contributed by atoms with Crippen LogP contribution in [0.1, 0.15) is 64.1 Å². The van der Waals surface area contributed by atoms with E-state index in [0.29, 0.717) is 30.1 Å². The second-order valence-corrected chi connectivity index (χ2v) is 8.69. The normalized spacial score (nSPS) is 21.7. The molecule has 1 saturated heterocycles. The van der Waals surface area contributed by atoms with Crippen LogP contribution in [0.3, 0.4) is 0 Å². The Morgan fingerprint density at radius 2 is 2.07 bits per heavy atom. The van der Waals surface area contributed by atoms with Gasteiger partial charge in [-0.3, -0.25) is 0 Å². The fourth-order valence-electron chi connectivity index (χ4n) is 4.30. The second-order valence-electron chi connectivity index (χ2n) is 8.69. The van der Waals surface area contributed by atoms with Crippen LogP contribution in [-0.2, 0) is 13.0 Å². The maximum atomic E-state index is 12.4. The van der Waals surface area contributed by atoms with Gasteiger partial charge in [0.1, 0.15) is 0 Å². The molecule has 1 aromatic rings. The summed E-state index contributed by atoms with van der Waals surface area (Å²) in [5.74, 6) is 2.23. The van der Waals surface area contributed by atoms with Crippen LogP contribution in [0, 0.1) is 11.8 Å². The topological polar surface area (TPSA) is 74.5 Å². The molecule has 7 heteroatoms. The zero-order valence-electron chi connectivity index (χ0n) is 17.1. The van der Waals surface area contributed by atoms with E-state index in [-0.39, 0.29) is 6.03 Å². The third-order valence-electron chi connectivity index (χ3n) is 5.75. The lowest BCUT2D eigenvalue weighted by Gasteiger charge is -2.37. The van der Waals surface area contributed by atoms with Crippen molar-refractivity contribution in [3.8, 4) is 0 Å². The van der Waals surface area contributed by atoms with Crippen molar-refractivity contribution < 1.29 is 9.32 Å². The van der Waals surface area contributed by atoms with Crippen molar-refractivity contribution in [2.24, 2.45) is 11.8 Å². The Bertz CT molecular complexity index is 597. The van der Waals surface area contributed by atoms with E-state index in [9.17, 15) is 4.79 Å². The van der Waals surface area contributed by atoms with Gasteiger partial charge < -0.3 is 19.6 Å². The summed E-state index contributed by atoms with van der Waals surface area (Å²) in [5, 5.41) is 7.08. The summed E-state index contributed by atoms with van der Waals surface area (Å²) in [6, 6.07) is 0.715. The van der Waals surface area contributed by atoms with E-state index in [1.165, 1.54) is 45.1 Å². The van der Waals surface area contributed by atoms with Crippen molar-refractivity contribution in [2.45, 2.75) is 71.4 Å². The molecule has 0 radical (unpaired) electrons. The Hall–Kier alpha value is -1.63. The molecule has 27 heavy (non-hydrogen) atoms. The van der Waals surface area contributed by atoms with E-state index in [2.05, 4.69) is 34.2 Å². The van der Waals surface area contributed by atoms with Crippen molar-refractivity contribution in [3.63, 3.8) is 0 Å². The molecule has 0 bridgehead atoms. The molecule has 1 saturated carbocycles. The Balaban J connectivity index is 1.40. The average molecular weight is 378 g/mol. The monoisotopic (exact) mass is 377 g/mol. The molecule has 1 atom stereocenters. The van der Waals surface area contributed by atoms with E-state index < -0.39 is 0 Å². The zero-order chi connectivity index (χ0) is 19.2. The number of hydrogen-bond acceptors (Lipinski definition) is 5. The fourth-order valence-corrected chi connectivity index (χ4v) is 4.30. The van der Waals surface area contributed by atoms with Crippen LogP contribution >= 0.6 is 0 Å². The molecule has 1 N–H and O–H groups in total. The lowest BCUT2D eigenvalue weighted by Crippen LogP contribution is -2.46. The first kappa shape index (κ1) is 20.1. The number of piperidine rings is 1. The molecule has 1 aromatic heterocycles. The Kier molecular flexibility index (Phi) is 7.10. The first-order chi connectivity index (χ1) is 13.0. The molecule has 2 fully saturated rings. The molecule has 2 heterocycles. The number of urea groups is 1. The first-order valence-corrected chi connectivity index (χ1v) is 10.6. The highest BCUT2D eigenvalue weighted by molar-refractivity contribution is 5.73. The van der Waals surface area contributed by atoms with Crippen molar-refractivity contribution in [1.82, 2.24) is 25.3 Å². The van der Waals surface area contributed by atoms with Gasteiger partial charge in [0.2, 0.25) is 5.89 Å². The Labute approximate surface area is 162 Å². The summed E-state index contributed by atoms with van der Waals surface area (Å²) >= 11 is 0. The number of aromatic nitrogens is 2. The van der Waals surface area contributed by atoms with Gasteiger partial charge in [-0.25, -0.2) is 4.79 Å². The highest BCUT2D eigenvalue weighted by atomic mass is 16.5. The summed E-state index contributed by atoms with van der Waals surface area (Å²) in [6.07, 6.45) is 8.67. The van der Waals surface area contributed by atoms with E-state index in [1.807, 2.05) is 0 Å². The highest BCUT2D eigenvalue weighted by Crippen LogP contribution is 2.27. The summed E-state index contributed by atoms with van der Waals surface area (Å²) in [5.41, 5.74) is 0. The molecule has 1 aliphatic carbocycles. The number of carbonyl (C=O) groups excluding carboxylic acids is 1. The predicted molar refractivity (Wildman–Crippen MR) is 104 cm³/mol. The van der Waals surface area contributed by atoms with Crippen molar-refractivity contribution in [3.05, 3.63) is 11.7 Å². The average Bonchev–Trinajstić information content (AvgIpc) is 3.31. The van der Waals surface area contributed by atoms with Gasteiger partial charge in [-0.1, -0.05) is 31.8 Å². The lowest BCUT2D eigenvalue weighted by atomic mass is 9.96. The lowest BCUT2D eigenvalue weighted by molar-refractivity contribution is 0.123. The number of nitrogens with one attached hydrogen (secondary N) is 1. The third-order valence-corrected chi connectivity index (χ3v) is 5.75. The minimum absolute atomic E-state index is 0.0665. The van der Waals surface area contributed by atoms with Gasteiger partial charge in [-0.05, 0) is 44.1 Å². The maximum Gasteiger partial charge on any atom is 0.317 e. The van der Waals surface area contributed by atoms with Gasteiger partial charge in [0.15, 0.2) is 5.82 Å². The molecule has 1 aliphatic heterocycles. The zero-order valence-corrected chi connectivity index (χ0v) is 17.1. The predicted octanol–water partition coefficient (Wildman–Crippen LogP) is 3.06. The molecule has 0 aromatic carbocycles. The smallest absolute Gasteiger partial charge is 0.317 e. The van der Waals surface area contributed by atoms with Gasteiger partial charge >= 0.3 is 6.03 Å². The van der Waals surface area contributed by atoms with Gasteiger partial charge in [-0.2, -0.15) is 4.98 Å². The van der Waals surface area contributed by atoms with E-state index >= 15 is 0 Å². The van der Waals surface area contributed by atoms with E-state index in [0.717, 1.165) is 25.6 Å². The third kappa shape index (κ3) is 5.92. The van der Waals surface area contributed by atoms with Crippen LogP contribution in [0.2, 0.25) is 0 Å². The second kappa shape index (κ2) is 9.53. The number of likely N-dealkylation sites (tertiary alicyclic amines) is 1. The van der Waals surface area contributed by atoms with Crippen LogP contribution in [0.15, 0.2) is 4.52 Å². The summed E-state index contributed by atoms with van der Waals surface area (Å²) in [4.78, 5) is 21.1. The molecular formula is C20H35N5O2. The van der Waals surface area contributed by atoms with Gasteiger partial charge in [0.25, 0.3) is 0 Å². The Morgan fingerprint density at radius 3 is 2.81 bits per heavy atom. The number of carbonyl (C=O) groups is 1. The van der Waals surface area contributed by atoms with Crippen molar-refractivity contribution in [1.29, 1.82) is 0 Å².